The molecule has 1 unspecified atom stereocenters. The molecule has 1 aromatic rings. The molecule has 3 aliphatic rings. The summed E-state index contributed by atoms with van der Waals surface area (Å²) in [5.74, 6) is -7.29. The van der Waals surface area contributed by atoms with E-state index in [4.69, 9.17) is 0 Å². The van der Waals surface area contributed by atoms with Crippen molar-refractivity contribution in [1.82, 2.24) is 20.5 Å². The maximum absolute atomic E-state index is 13.9. The number of hydrogen-bond donors (Lipinski definition) is 3. The minimum Gasteiger partial charge on any atom is -0.338 e. The van der Waals surface area contributed by atoms with Crippen LogP contribution in [-0.4, -0.2) is 64.4 Å². The van der Waals surface area contributed by atoms with Crippen LogP contribution >= 0.6 is 0 Å². The van der Waals surface area contributed by atoms with Crippen LogP contribution in [0.25, 0.3) is 0 Å². The Hall–Kier alpha value is -3.50. The fraction of sp³-hybridized carbons (Fsp3) is 0.679. The molecular weight excluding hydrogens is 565 g/mol. The van der Waals surface area contributed by atoms with E-state index in [2.05, 4.69) is 10.3 Å². The van der Waals surface area contributed by atoms with Gasteiger partial charge in [-0.2, -0.15) is 18.4 Å². The molecule has 1 saturated heterocycles. The van der Waals surface area contributed by atoms with Gasteiger partial charge in [0.25, 0.3) is 11.5 Å². The predicted octanol–water partition coefficient (Wildman–Crippen LogP) is 2.63. The monoisotopic (exact) mass is 599 g/mol. The fourth-order valence-corrected chi connectivity index (χ4v) is 6.31. The molecule has 3 N–H and O–H groups in total. The summed E-state index contributed by atoms with van der Waals surface area (Å²) in [5, 5.41) is 14.1. The quantitative estimate of drug-likeness (QED) is 0.432. The number of hydrogen-bond acceptors (Lipinski definition) is 5. The summed E-state index contributed by atoms with van der Waals surface area (Å²) in [7, 11) is 0. The zero-order chi connectivity index (χ0) is 31.6. The van der Waals surface area contributed by atoms with Crippen molar-refractivity contribution in [3.05, 3.63) is 33.2 Å². The Kier molecular flexibility index (Phi) is 7.74. The first-order valence-electron chi connectivity index (χ1n) is 13.7. The Morgan fingerprint density at radius 1 is 1.19 bits per heavy atom. The van der Waals surface area contributed by atoms with E-state index in [-0.39, 0.29) is 47.8 Å². The Balaban J connectivity index is 1.55. The number of aryl methyl sites for hydroxylation is 1. The molecule has 0 aromatic carbocycles. The summed E-state index contributed by atoms with van der Waals surface area (Å²) in [6.07, 6.45) is -6.47. The second-order valence-electron chi connectivity index (χ2n) is 13.2. The van der Waals surface area contributed by atoms with Crippen molar-refractivity contribution in [2.75, 3.05) is 6.54 Å². The largest absolute Gasteiger partial charge is 0.471 e. The lowest BCUT2D eigenvalue weighted by Crippen LogP contribution is -2.61. The molecule has 1 aromatic heterocycles. The summed E-state index contributed by atoms with van der Waals surface area (Å²) in [5.41, 5.74) is -1.38. The highest BCUT2D eigenvalue weighted by molar-refractivity contribution is 5.95. The van der Waals surface area contributed by atoms with Crippen LogP contribution in [0, 0.1) is 34.0 Å². The normalized spacial score (nSPS) is 25.4. The van der Waals surface area contributed by atoms with Crippen molar-refractivity contribution in [1.29, 1.82) is 5.26 Å². The van der Waals surface area contributed by atoms with E-state index >= 15 is 0 Å². The third kappa shape index (κ3) is 6.01. The molecule has 42 heavy (non-hydrogen) atoms. The minimum absolute atomic E-state index is 0.000857. The van der Waals surface area contributed by atoms with Crippen molar-refractivity contribution < 1.29 is 36.3 Å². The second kappa shape index (κ2) is 10.3. The molecule has 2 aliphatic carbocycles. The molecule has 5 atom stereocenters. The molecule has 3 amide bonds. The first-order chi connectivity index (χ1) is 19.2. The van der Waals surface area contributed by atoms with E-state index in [9.17, 15) is 46.4 Å². The van der Waals surface area contributed by atoms with Crippen LogP contribution < -0.4 is 16.2 Å². The van der Waals surface area contributed by atoms with Gasteiger partial charge in [-0.1, -0.05) is 34.6 Å². The lowest BCUT2D eigenvalue weighted by Gasteiger charge is -2.37. The van der Waals surface area contributed by atoms with Crippen molar-refractivity contribution in [2.45, 2.75) is 90.5 Å². The molecule has 4 rings (SSSR count). The molecule has 1 aliphatic heterocycles. The number of carbonyl (C=O) groups excluding carboxylic acids is 3. The van der Waals surface area contributed by atoms with Gasteiger partial charge in [0, 0.05) is 37.1 Å². The maximum atomic E-state index is 13.9. The molecular formula is C28H34F5N5O4. The van der Waals surface area contributed by atoms with Crippen molar-refractivity contribution >= 4 is 17.7 Å². The van der Waals surface area contributed by atoms with E-state index in [1.54, 1.807) is 5.32 Å². The molecule has 230 valence electrons. The number of H-pyrrole nitrogens is 1. The number of piperidine rings is 1. The smallest absolute Gasteiger partial charge is 0.338 e. The number of likely N-dealkylation sites (tertiary alicyclic amines) is 1. The zero-order valence-corrected chi connectivity index (χ0v) is 23.9. The number of nitriles is 1. The molecule has 2 heterocycles. The van der Waals surface area contributed by atoms with Gasteiger partial charge in [-0.3, -0.25) is 19.2 Å². The molecule has 0 radical (unpaired) electrons. The molecule has 2 fully saturated rings. The van der Waals surface area contributed by atoms with Gasteiger partial charge in [0.15, 0.2) is 0 Å². The highest BCUT2D eigenvalue weighted by Gasteiger charge is 2.70. The number of alkyl halides is 5. The average Bonchev–Trinajstić information content (AvgIpc) is 3.18. The summed E-state index contributed by atoms with van der Waals surface area (Å²) in [4.78, 5) is 55.3. The van der Waals surface area contributed by atoms with Crippen molar-refractivity contribution in [3.8, 4) is 6.07 Å². The fourth-order valence-electron chi connectivity index (χ4n) is 6.31. The second-order valence-corrected chi connectivity index (χ2v) is 13.2. The van der Waals surface area contributed by atoms with Crippen LogP contribution in [0.3, 0.4) is 0 Å². The van der Waals surface area contributed by atoms with E-state index in [0.717, 1.165) is 4.90 Å². The standard InChI is InChI=1S/C28H34F5N5O4/c1-25(2,3)20(37-24(42)28(31,32)33)23(41)38-12-16-18(26(16,4)5)19(38)22(40)35-15(11-34)9-13-8-14-10-27(29,30)7-6-17(14)36-21(13)39/h8,15-16,18-20H,6-7,9-10,12H2,1-5H3,(H,35,40)(H,36,39)(H,37,42)/t15?,16-,18-,19-,20+/m0/s1. The number of aromatic amines is 1. The van der Waals surface area contributed by atoms with Crippen LogP contribution in [0.5, 0.6) is 0 Å². The first-order valence-corrected chi connectivity index (χ1v) is 13.7. The van der Waals surface area contributed by atoms with Gasteiger partial charge in [0.2, 0.25) is 11.8 Å². The van der Waals surface area contributed by atoms with Crippen molar-refractivity contribution in [2.24, 2.45) is 22.7 Å². The topological polar surface area (TPSA) is 135 Å². The van der Waals surface area contributed by atoms with Crippen molar-refractivity contribution in [3.63, 3.8) is 0 Å². The van der Waals surface area contributed by atoms with E-state index in [0.29, 0.717) is 5.69 Å². The number of carbonyl (C=O) groups is 3. The molecule has 0 bridgehead atoms. The lowest BCUT2D eigenvalue weighted by molar-refractivity contribution is -0.176. The van der Waals surface area contributed by atoms with Gasteiger partial charge in [0.1, 0.15) is 18.1 Å². The predicted molar refractivity (Wildman–Crippen MR) is 139 cm³/mol. The third-order valence-electron chi connectivity index (χ3n) is 8.78. The summed E-state index contributed by atoms with van der Waals surface area (Å²) in [6.45, 7) is 8.31. The van der Waals surface area contributed by atoms with Gasteiger partial charge < -0.3 is 20.5 Å². The SMILES string of the molecule is CC(C)(C)[C@H](NC(=O)C(F)(F)F)C(=O)N1C[C@H]2[C@@H]([C@H]1C(=O)NC(C#N)Cc1cc3c([nH]c1=O)CCC(F)(F)C3)C2(C)C. The van der Waals surface area contributed by atoms with Gasteiger partial charge in [-0.05, 0) is 40.7 Å². The molecule has 0 spiro atoms. The van der Waals surface area contributed by atoms with Crippen LogP contribution in [0.1, 0.15) is 57.9 Å². The van der Waals surface area contributed by atoms with E-state index < -0.39 is 71.8 Å². The first kappa shape index (κ1) is 31.4. The lowest BCUT2D eigenvalue weighted by atomic mass is 9.85. The Bertz CT molecular complexity index is 1390. The van der Waals surface area contributed by atoms with Gasteiger partial charge in [-0.15, -0.1) is 0 Å². The molecule has 9 nitrogen and oxygen atoms in total. The van der Waals surface area contributed by atoms with E-state index in [1.807, 2.05) is 19.9 Å². The molecule has 1 saturated carbocycles. The Labute approximate surface area is 239 Å². The summed E-state index contributed by atoms with van der Waals surface area (Å²) >= 11 is 0. The number of aromatic nitrogens is 1. The van der Waals surface area contributed by atoms with Gasteiger partial charge >= 0.3 is 12.1 Å². The maximum Gasteiger partial charge on any atom is 0.471 e. The summed E-state index contributed by atoms with van der Waals surface area (Å²) < 4.78 is 67.0. The highest BCUT2D eigenvalue weighted by atomic mass is 19.4. The van der Waals surface area contributed by atoms with Crippen LogP contribution in [0.2, 0.25) is 0 Å². The number of pyridine rings is 1. The number of nitrogens with one attached hydrogen (secondary N) is 3. The zero-order valence-electron chi connectivity index (χ0n) is 23.9. The average molecular weight is 600 g/mol. The Morgan fingerprint density at radius 3 is 2.40 bits per heavy atom. The number of fused-ring (bicyclic) bond motifs is 2. The summed E-state index contributed by atoms with van der Waals surface area (Å²) in [6, 6.07) is -0.782. The number of halogens is 5. The highest BCUT2D eigenvalue weighted by Crippen LogP contribution is 2.65. The minimum atomic E-state index is -5.22. The van der Waals surface area contributed by atoms with Crippen LogP contribution in [0.15, 0.2) is 10.9 Å². The third-order valence-corrected chi connectivity index (χ3v) is 8.78. The number of nitrogens with zero attached hydrogens (tertiary/aromatic N) is 2. The van der Waals surface area contributed by atoms with E-state index in [1.165, 1.54) is 26.8 Å². The van der Waals surface area contributed by atoms with Gasteiger partial charge in [0.05, 0.1) is 6.07 Å². The molecule has 14 heteroatoms. The van der Waals surface area contributed by atoms with Gasteiger partial charge in [-0.25, -0.2) is 8.78 Å². The number of rotatable bonds is 6. The number of amides is 3. The Morgan fingerprint density at radius 2 is 1.83 bits per heavy atom. The van der Waals surface area contributed by atoms with Crippen LogP contribution in [0.4, 0.5) is 22.0 Å². The van der Waals surface area contributed by atoms with Crippen LogP contribution in [-0.2, 0) is 33.6 Å².